The van der Waals surface area contributed by atoms with Crippen LogP contribution in [-0.2, 0) is 4.79 Å². The van der Waals surface area contributed by atoms with Crippen LogP contribution in [0.3, 0.4) is 0 Å². The first-order valence-electron chi connectivity index (χ1n) is 6.35. The van der Waals surface area contributed by atoms with Gasteiger partial charge in [-0.1, -0.05) is 0 Å². The summed E-state index contributed by atoms with van der Waals surface area (Å²) in [5.41, 5.74) is 0.656. The normalized spacial score (nSPS) is 16.2. The van der Waals surface area contributed by atoms with Gasteiger partial charge in [-0.15, -0.1) is 0 Å². The van der Waals surface area contributed by atoms with E-state index in [0.717, 1.165) is 26.2 Å². The fourth-order valence-corrected chi connectivity index (χ4v) is 2.02. The quantitative estimate of drug-likeness (QED) is 0.748. The molecule has 1 saturated heterocycles. The lowest BCUT2D eigenvalue weighted by Crippen LogP contribution is -2.47. The number of aldehydes is 1. The summed E-state index contributed by atoms with van der Waals surface area (Å²) in [5.74, 6) is 0.650. The Bertz CT molecular complexity index is 437. The molecule has 1 aromatic carbocycles. The van der Waals surface area contributed by atoms with Crippen LogP contribution in [0.5, 0.6) is 5.75 Å². The van der Waals surface area contributed by atoms with Crippen molar-refractivity contribution in [1.82, 2.24) is 9.80 Å². The third-order valence-corrected chi connectivity index (χ3v) is 3.21. The molecule has 1 amide bonds. The molecule has 0 unspecified atom stereocenters. The molecule has 0 atom stereocenters. The second-order valence-corrected chi connectivity index (χ2v) is 4.60. The number of nitrogens with zero attached hydrogens (tertiary/aromatic N) is 2. The molecule has 2 rings (SSSR count). The van der Waals surface area contributed by atoms with Crippen molar-refractivity contribution < 1.29 is 14.3 Å². The number of rotatable bonds is 4. The molecule has 1 aliphatic heterocycles. The summed E-state index contributed by atoms with van der Waals surface area (Å²) in [6.07, 6.45) is 0.698. The molecule has 5 nitrogen and oxygen atoms in total. The molecule has 0 aromatic heterocycles. The minimum absolute atomic E-state index is 0.0335. The zero-order chi connectivity index (χ0) is 13.7. The van der Waals surface area contributed by atoms with Crippen molar-refractivity contribution in [3.8, 4) is 5.75 Å². The van der Waals surface area contributed by atoms with Crippen LogP contribution in [-0.4, -0.2) is 61.8 Å². The van der Waals surface area contributed by atoms with E-state index in [9.17, 15) is 9.59 Å². The van der Waals surface area contributed by atoms with E-state index in [1.54, 1.807) is 24.3 Å². The van der Waals surface area contributed by atoms with Gasteiger partial charge in [-0.25, -0.2) is 0 Å². The number of piperazine rings is 1. The van der Waals surface area contributed by atoms with E-state index in [1.165, 1.54) is 0 Å². The zero-order valence-corrected chi connectivity index (χ0v) is 11.0. The molecule has 0 radical (unpaired) electrons. The number of carbonyl (C=O) groups excluding carboxylic acids is 2. The summed E-state index contributed by atoms with van der Waals surface area (Å²) in [5, 5.41) is 0. The fraction of sp³-hybridized carbons (Fsp3) is 0.429. The molecule has 1 fully saturated rings. The van der Waals surface area contributed by atoms with Crippen LogP contribution in [0.4, 0.5) is 0 Å². The van der Waals surface area contributed by atoms with E-state index in [1.807, 2.05) is 4.90 Å². The van der Waals surface area contributed by atoms with Crippen LogP contribution >= 0.6 is 0 Å². The highest BCUT2D eigenvalue weighted by molar-refractivity contribution is 5.94. The average molecular weight is 262 g/mol. The van der Waals surface area contributed by atoms with E-state index >= 15 is 0 Å². The average Bonchev–Trinajstić information content (AvgIpc) is 2.46. The van der Waals surface area contributed by atoms with Crippen LogP contribution in [0.25, 0.3) is 0 Å². The molecule has 0 bridgehead atoms. The Morgan fingerprint density at radius 2 is 1.84 bits per heavy atom. The highest BCUT2D eigenvalue weighted by atomic mass is 16.5. The molecule has 102 valence electrons. The highest BCUT2D eigenvalue weighted by Crippen LogP contribution is 2.14. The van der Waals surface area contributed by atoms with Gasteiger partial charge < -0.3 is 14.5 Å². The number of likely N-dealkylation sites (N-methyl/N-ethyl adjacent to an activating group) is 1. The van der Waals surface area contributed by atoms with Gasteiger partial charge in [0.15, 0.2) is 6.29 Å². The van der Waals surface area contributed by atoms with Gasteiger partial charge in [-0.05, 0) is 31.3 Å². The third-order valence-electron chi connectivity index (χ3n) is 3.21. The van der Waals surface area contributed by atoms with Gasteiger partial charge >= 0.3 is 0 Å². The van der Waals surface area contributed by atoms with Gasteiger partial charge in [0.2, 0.25) is 0 Å². The molecule has 1 aromatic rings. The van der Waals surface area contributed by atoms with Crippen molar-refractivity contribution in [3.63, 3.8) is 0 Å². The Hall–Kier alpha value is -1.88. The Morgan fingerprint density at radius 1 is 1.21 bits per heavy atom. The van der Waals surface area contributed by atoms with Gasteiger partial charge in [0.1, 0.15) is 12.4 Å². The molecule has 1 heterocycles. The second kappa shape index (κ2) is 6.33. The summed E-state index contributed by atoms with van der Waals surface area (Å²) in [4.78, 5) is 26.5. The molecular formula is C14H18N2O3. The SMILES string of the molecule is CN1CCN(C(=O)c2ccc(OCC=O)cc2)CC1. The predicted molar refractivity (Wildman–Crippen MR) is 71.4 cm³/mol. The molecule has 19 heavy (non-hydrogen) atoms. The molecular weight excluding hydrogens is 244 g/mol. The van der Waals surface area contributed by atoms with Crippen LogP contribution in [0.2, 0.25) is 0 Å². The van der Waals surface area contributed by atoms with Gasteiger partial charge in [0, 0.05) is 31.7 Å². The Balaban J connectivity index is 1.97. The highest BCUT2D eigenvalue weighted by Gasteiger charge is 2.20. The Labute approximate surface area is 112 Å². The first-order chi connectivity index (χ1) is 9.20. The van der Waals surface area contributed by atoms with Crippen LogP contribution in [0.1, 0.15) is 10.4 Å². The van der Waals surface area contributed by atoms with E-state index in [0.29, 0.717) is 17.6 Å². The van der Waals surface area contributed by atoms with Gasteiger partial charge in [-0.2, -0.15) is 0 Å². The number of amides is 1. The smallest absolute Gasteiger partial charge is 0.253 e. The lowest BCUT2D eigenvalue weighted by Gasteiger charge is -2.32. The summed E-state index contributed by atoms with van der Waals surface area (Å²) < 4.78 is 5.15. The van der Waals surface area contributed by atoms with Crippen molar-refractivity contribution >= 4 is 12.2 Å². The lowest BCUT2D eigenvalue weighted by molar-refractivity contribution is -0.109. The maximum atomic E-state index is 12.2. The molecule has 0 N–H and O–H groups in total. The van der Waals surface area contributed by atoms with E-state index in [-0.39, 0.29) is 12.5 Å². The molecule has 0 saturated carbocycles. The van der Waals surface area contributed by atoms with Crippen molar-refractivity contribution in [1.29, 1.82) is 0 Å². The standard InChI is InChI=1S/C14H18N2O3/c1-15-6-8-16(9-7-15)14(18)12-2-4-13(5-3-12)19-11-10-17/h2-5,10H,6-9,11H2,1H3. The molecule has 5 heteroatoms. The molecule has 0 aliphatic carbocycles. The number of hydrogen-bond donors (Lipinski definition) is 0. The monoisotopic (exact) mass is 262 g/mol. The number of carbonyl (C=O) groups is 2. The summed E-state index contributed by atoms with van der Waals surface area (Å²) >= 11 is 0. The first kappa shape index (κ1) is 13.5. The van der Waals surface area contributed by atoms with Crippen molar-refractivity contribution in [2.45, 2.75) is 0 Å². The maximum absolute atomic E-state index is 12.2. The largest absolute Gasteiger partial charge is 0.486 e. The number of hydrogen-bond acceptors (Lipinski definition) is 4. The zero-order valence-electron chi connectivity index (χ0n) is 11.0. The van der Waals surface area contributed by atoms with Crippen molar-refractivity contribution in [2.75, 3.05) is 39.8 Å². The second-order valence-electron chi connectivity index (χ2n) is 4.60. The van der Waals surface area contributed by atoms with Gasteiger partial charge in [0.05, 0.1) is 0 Å². The lowest BCUT2D eigenvalue weighted by atomic mass is 10.1. The Kier molecular flexibility index (Phi) is 4.52. The van der Waals surface area contributed by atoms with Gasteiger partial charge in [-0.3, -0.25) is 9.59 Å². The van der Waals surface area contributed by atoms with Crippen LogP contribution in [0, 0.1) is 0 Å². The van der Waals surface area contributed by atoms with E-state index in [4.69, 9.17) is 4.74 Å². The van der Waals surface area contributed by atoms with Crippen LogP contribution in [0.15, 0.2) is 24.3 Å². The minimum atomic E-state index is 0.0335. The predicted octanol–water partition coefficient (Wildman–Crippen LogP) is 0.652. The third kappa shape index (κ3) is 3.54. The molecule has 1 aliphatic rings. The topological polar surface area (TPSA) is 49.9 Å². The van der Waals surface area contributed by atoms with Crippen LogP contribution < -0.4 is 4.74 Å². The number of benzene rings is 1. The maximum Gasteiger partial charge on any atom is 0.253 e. The van der Waals surface area contributed by atoms with Gasteiger partial charge in [0.25, 0.3) is 5.91 Å². The van der Waals surface area contributed by atoms with E-state index < -0.39 is 0 Å². The summed E-state index contributed by atoms with van der Waals surface area (Å²) in [7, 11) is 2.06. The summed E-state index contributed by atoms with van der Waals surface area (Å²) in [6, 6.07) is 6.90. The Morgan fingerprint density at radius 3 is 2.42 bits per heavy atom. The molecule has 0 spiro atoms. The summed E-state index contributed by atoms with van der Waals surface area (Å²) in [6.45, 7) is 3.38. The minimum Gasteiger partial charge on any atom is -0.486 e. The van der Waals surface area contributed by atoms with Crippen molar-refractivity contribution in [3.05, 3.63) is 29.8 Å². The fourth-order valence-electron chi connectivity index (χ4n) is 2.02. The first-order valence-corrected chi connectivity index (χ1v) is 6.35. The van der Waals surface area contributed by atoms with Crippen molar-refractivity contribution in [2.24, 2.45) is 0 Å². The van der Waals surface area contributed by atoms with E-state index in [2.05, 4.69) is 11.9 Å². The number of ether oxygens (including phenoxy) is 1.